The fourth-order valence-electron chi connectivity index (χ4n) is 1.08. The van der Waals surface area contributed by atoms with Gasteiger partial charge in [0.1, 0.15) is 0 Å². The van der Waals surface area contributed by atoms with Crippen LogP contribution in [0, 0.1) is 0 Å². The van der Waals surface area contributed by atoms with Crippen molar-refractivity contribution in [1.82, 2.24) is 0 Å². The third-order valence-corrected chi connectivity index (χ3v) is 2.38. The molecule has 0 aromatic heterocycles. The van der Waals surface area contributed by atoms with Crippen molar-refractivity contribution in [2.45, 2.75) is 12.8 Å². The normalized spacial score (nSPS) is 14.3. The maximum Gasteiger partial charge on any atom is 0.310 e. The van der Waals surface area contributed by atoms with E-state index in [1.165, 1.54) is 12.1 Å². The molecule has 0 fully saturated rings. The lowest BCUT2D eigenvalue weighted by atomic mass is 10.0. The molecule has 0 spiro atoms. The third-order valence-electron chi connectivity index (χ3n) is 1.98. The largest absolute Gasteiger partial charge is 0.755 e. The molecule has 82 valence electrons. The van der Waals surface area contributed by atoms with Gasteiger partial charge in [0.15, 0.2) is 0 Å². The second-order valence-corrected chi connectivity index (χ2v) is 3.69. The number of nitrogens with one attached hydrogen (secondary N) is 1. The maximum absolute atomic E-state index is 10.6. The molecule has 1 aromatic rings. The van der Waals surface area contributed by atoms with Gasteiger partial charge < -0.3 is 14.4 Å². The molecule has 0 aliphatic rings. The highest BCUT2D eigenvalue weighted by Crippen LogP contribution is 2.18. The van der Waals surface area contributed by atoms with Crippen molar-refractivity contribution in [1.29, 1.82) is 0 Å². The Kier molecular flexibility index (Phi) is 3.81. The Hall–Kier alpha value is -1.40. The highest BCUT2D eigenvalue weighted by Gasteiger charge is 2.12. The van der Waals surface area contributed by atoms with Crippen LogP contribution in [-0.2, 0) is 16.1 Å². The van der Waals surface area contributed by atoms with Gasteiger partial charge in [0.05, 0.1) is 5.92 Å². The van der Waals surface area contributed by atoms with Crippen molar-refractivity contribution in [3.8, 4) is 0 Å². The van der Waals surface area contributed by atoms with E-state index in [1.807, 2.05) is 0 Å². The monoisotopic (exact) mass is 228 g/mol. The van der Waals surface area contributed by atoms with Crippen LogP contribution in [0.4, 0.5) is 5.69 Å². The van der Waals surface area contributed by atoms with Gasteiger partial charge in [-0.25, -0.2) is 0 Å². The zero-order valence-electron chi connectivity index (χ0n) is 7.97. The van der Waals surface area contributed by atoms with Crippen LogP contribution in [-0.4, -0.2) is 19.8 Å². The summed E-state index contributed by atoms with van der Waals surface area (Å²) in [6, 6.07) is 6.19. The molecule has 0 saturated heterocycles. The number of hydrogen-bond acceptors (Lipinski definition) is 3. The highest BCUT2D eigenvalue weighted by molar-refractivity contribution is 7.80. The smallest absolute Gasteiger partial charge is 0.310 e. The zero-order valence-corrected chi connectivity index (χ0v) is 8.78. The van der Waals surface area contributed by atoms with Crippen LogP contribution in [0.1, 0.15) is 18.4 Å². The maximum atomic E-state index is 10.6. The number of benzene rings is 1. The SMILES string of the molecule is CC(C(=O)O)c1ccc(NS(=O)[O-])cc1. The first-order valence-electron chi connectivity index (χ1n) is 4.19. The predicted octanol–water partition coefficient (Wildman–Crippen LogP) is 1.08. The van der Waals surface area contributed by atoms with Crippen molar-refractivity contribution in [2.24, 2.45) is 0 Å². The minimum absolute atomic E-state index is 0.407. The molecule has 2 N–H and O–H groups in total. The van der Waals surface area contributed by atoms with E-state index in [0.29, 0.717) is 11.3 Å². The van der Waals surface area contributed by atoms with E-state index < -0.39 is 23.2 Å². The molecule has 0 saturated carbocycles. The van der Waals surface area contributed by atoms with Gasteiger partial charge in [0.25, 0.3) is 0 Å². The topological polar surface area (TPSA) is 89.5 Å². The summed E-state index contributed by atoms with van der Waals surface area (Å²) in [5.74, 6) is -1.51. The lowest BCUT2D eigenvalue weighted by molar-refractivity contribution is -0.138. The molecule has 2 atom stereocenters. The minimum atomic E-state index is -2.36. The fourth-order valence-corrected chi connectivity index (χ4v) is 1.41. The first kappa shape index (κ1) is 11.7. The molecule has 2 unspecified atom stereocenters. The van der Waals surface area contributed by atoms with Crippen molar-refractivity contribution in [3.05, 3.63) is 29.8 Å². The van der Waals surface area contributed by atoms with Crippen LogP contribution in [0.5, 0.6) is 0 Å². The second kappa shape index (κ2) is 4.90. The number of anilines is 1. The molecular weight excluding hydrogens is 218 g/mol. The molecule has 15 heavy (non-hydrogen) atoms. The summed E-state index contributed by atoms with van der Waals surface area (Å²) < 4.78 is 22.8. The predicted molar refractivity (Wildman–Crippen MR) is 55.0 cm³/mol. The third kappa shape index (κ3) is 3.34. The molecule has 0 heterocycles. The quantitative estimate of drug-likeness (QED) is 0.754. The van der Waals surface area contributed by atoms with Crippen LogP contribution in [0.25, 0.3) is 0 Å². The first-order valence-corrected chi connectivity index (χ1v) is 5.27. The van der Waals surface area contributed by atoms with E-state index >= 15 is 0 Å². The van der Waals surface area contributed by atoms with Gasteiger partial charge in [-0.05, 0) is 24.6 Å². The Bertz CT molecular complexity index is 376. The fraction of sp³-hybridized carbons (Fsp3) is 0.222. The van der Waals surface area contributed by atoms with Crippen LogP contribution < -0.4 is 4.72 Å². The molecule has 1 aromatic carbocycles. The van der Waals surface area contributed by atoms with Crippen molar-refractivity contribution in [3.63, 3.8) is 0 Å². The van der Waals surface area contributed by atoms with E-state index in [0.717, 1.165) is 0 Å². The molecule has 0 radical (unpaired) electrons. The van der Waals surface area contributed by atoms with E-state index in [2.05, 4.69) is 4.72 Å². The first-order chi connectivity index (χ1) is 7.00. The molecule has 0 aliphatic carbocycles. The number of rotatable bonds is 4. The zero-order chi connectivity index (χ0) is 11.4. The lowest BCUT2D eigenvalue weighted by Gasteiger charge is -2.10. The second-order valence-electron chi connectivity index (χ2n) is 3.02. The van der Waals surface area contributed by atoms with E-state index in [9.17, 15) is 13.6 Å². The van der Waals surface area contributed by atoms with Crippen molar-refractivity contribution >= 4 is 22.9 Å². The van der Waals surface area contributed by atoms with E-state index in [-0.39, 0.29) is 0 Å². The Labute approximate surface area is 89.5 Å². The van der Waals surface area contributed by atoms with Gasteiger partial charge >= 0.3 is 5.97 Å². The molecule has 6 heteroatoms. The average molecular weight is 228 g/mol. The van der Waals surface area contributed by atoms with Gasteiger partial charge in [0, 0.05) is 17.0 Å². The lowest BCUT2D eigenvalue weighted by Crippen LogP contribution is -2.07. The van der Waals surface area contributed by atoms with Gasteiger partial charge in [-0.3, -0.25) is 9.00 Å². The Morgan fingerprint density at radius 2 is 2.00 bits per heavy atom. The average Bonchev–Trinajstić information content (AvgIpc) is 2.17. The molecule has 1 rings (SSSR count). The van der Waals surface area contributed by atoms with Gasteiger partial charge in [-0.15, -0.1) is 0 Å². The highest BCUT2D eigenvalue weighted by atomic mass is 32.2. The van der Waals surface area contributed by atoms with E-state index in [1.54, 1.807) is 19.1 Å². The summed E-state index contributed by atoms with van der Waals surface area (Å²) in [5, 5.41) is 8.74. The Morgan fingerprint density at radius 1 is 1.47 bits per heavy atom. The molecule has 0 amide bonds. The van der Waals surface area contributed by atoms with Crippen LogP contribution >= 0.6 is 0 Å². The Balaban J connectivity index is 2.80. The number of hydrogen-bond donors (Lipinski definition) is 2. The number of carboxylic acids is 1. The van der Waals surface area contributed by atoms with Gasteiger partial charge in [-0.2, -0.15) is 0 Å². The standard InChI is InChI=1S/C9H11NO4S/c1-6(9(11)12)7-2-4-8(5-3-7)10-15(13)14/h2-6,10H,1H3,(H,11,12)(H,13,14)/p-1. The Morgan fingerprint density at radius 3 is 2.40 bits per heavy atom. The summed E-state index contributed by atoms with van der Waals surface area (Å²) in [6.45, 7) is 1.57. The molecule has 0 aliphatic heterocycles. The van der Waals surface area contributed by atoms with E-state index in [4.69, 9.17) is 5.11 Å². The summed E-state index contributed by atoms with van der Waals surface area (Å²) in [5.41, 5.74) is 1.04. The summed E-state index contributed by atoms with van der Waals surface area (Å²) in [4.78, 5) is 10.6. The van der Waals surface area contributed by atoms with Gasteiger partial charge in [0.2, 0.25) is 0 Å². The molecular formula is C9H10NO4S-. The van der Waals surface area contributed by atoms with Crippen LogP contribution in [0.15, 0.2) is 24.3 Å². The number of aliphatic carboxylic acids is 1. The molecule has 5 nitrogen and oxygen atoms in total. The van der Waals surface area contributed by atoms with Crippen molar-refractivity contribution in [2.75, 3.05) is 4.72 Å². The molecule has 0 bridgehead atoms. The number of carbonyl (C=O) groups is 1. The van der Waals surface area contributed by atoms with Crippen LogP contribution in [0.2, 0.25) is 0 Å². The minimum Gasteiger partial charge on any atom is -0.755 e. The van der Waals surface area contributed by atoms with Crippen LogP contribution in [0.3, 0.4) is 0 Å². The van der Waals surface area contributed by atoms with Crippen molar-refractivity contribution < 1.29 is 18.7 Å². The summed E-state index contributed by atoms with van der Waals surface area (Å²) in [6.07, 6.45) is 0. The summed E-state index contributed by atoms with van der Waals surface area (Å²) >= 11 is -2.36. The summed E-state index contributed by atoms with van der Waals surface area (Å²) in [7, 11) is 0. The van der Waals surface area contributed by atoms with Gasteiger partial charge in [-0.1, -0.05) is 12.1 Å². The number of carboxylic acid groups (broad SMARTS) is 1.